The van der Waals surface area contributed by atoms with E-state index < -0.39 is 0 Å². The van der Waals surface area contributed by atoms with E-state index in [0.29, 0.717) is 0 Å². The molecule has 112 valence electrons. The van der Waals surface area contributed by atoms with E-state index in [9.17, 15) is 4.39 Å². The second-order valence-corrected chi connectivity index (χ2v) is 6.62. The van der Waals surface area contributed by atoms with Crippen LogP contribution in [0.5, 0.6) is 0 Å². The minimum absolute atomic E-state index is 0.00304. The molecular weight excluding hydrogens is 281 g/mol. The molecule has 21 heavy (non-hydrogen) atoms. The highest BCUT2D eigenvalue weighted by molar-refractivity contribution is 7.99. The molecule has 2 rings (SSSR count). The minimum Gasteiger partial charge on any atom is -0.326 e. The number of halogens is 1. The van der Waals surface area contributed by atoms with Crippen molar-refractivity contribution in [3.05, 3.63) is 65.0 Å². The summed E-state index contributed by atoms with van der Waals surface area (Å²) in [5, 5.41) is 0.0613. The van der Waals surface area contributed by atoms with Crippen LogP contribution >= 0.6 is 11.8 Å². The van der Waals surface area contributed by atoms with Crippen LogP contribution in [0.4, 0.5) is 4.39 Å². The van der Waals surface area contributed by atoms with E-state index in [-0.39, 0.29) is 17.1 Å². The van der Waals surface area contributed by atoms with Crippen LogP contribution in [0.1, 0.15) is 35.3 Å². The normalized spacial score (nSPS) is 14.0. The summed E-state index contributed by atoms with van der Waals surface area (Å²) in [5.74, 6) is -0.206. The van der Waals surface area contributed by atoms with E-state index in [0.717, 1.165) is 12.0 Å². The van der Waals surface area contributed by atoms with Crippen LogP contribution in [0.25, 0.3) is 0 Å². The third-order valence-corrected chi connectivity index (χ3v) is 5.20. The Hall–Kier alpha value is -1.32. The molecule has 0 amide bonds. The second kappa shape index (κ2) is 7.10. The number of aryl methyl sites for hydroxylation is 2. The largest absolute Gasteiger partial charge is 0.326 e. The van der Waals surface area contributed by atoms with Gasteiger partial charge in [0.1, 0.15) is 5.82 Å². The van der Waals surface area contributed by atoms with Gasteiger partial charge in [0.25, 0.3) is 0 Å². The fourth-order valence-corrected chi connectivity index (χ4v) is 3.70. The van der Waals surface area contributed by atoms with Gasteiger partial charge in [0.15, 0.2) is 0 Å². The molecule has 2 N–H and O–H groups in total. The molecule has 0 fully saturated rings. The Labute approximate surface area is 130 Å². The van der Waals surface area contributed by atoms with Crippen molar-refractivity contribution >= 4 is 11.8 Å². The first-order valence-corrected chi connectivity index (χ1v) is 8.14. The Kier molecular flexibility index (Phi) is 5.43. The SMILES string of the molecule is CCC(N)C(Sc1cc(C)ccc1C)c1cccc(F)c1. The molecule has 2 aromatic rings. The first kappa shape index (κ1) is 16.1. The molecule has 0 aliphatic heterocycles. The van der Waals surface area contributed by atoms with Gasteiger partial charge in [-0.05, 0) is 49.6 Å². The fraction of sp³-hybridized carbons (Fsp3) is 0.333. The zero-order valence-electron chi connectivity index (χ0n) is 12.8. The Morgan fingerprint density at radius 2 is 1.90 bits per heavy atom. The smallest absolute Gasteiger partial charge is 0.123 e. The molecule has 0 aliphatic carbocycles. The summed E-state index contributed by atoms with van der Waals surface area (Å²) in [4.78, 5) is 1.22. The predicted octanol–water partition coefficient (Wildman–Crippen LogP) is 5.01. The van der Waals surface area contributed by atoms with E-state index in [1.165, 1.54) is 22.1 Å². The molecule has 1 nitrogen and oxygen atoms in total. The molecule has 2 aromatic carbocycles. The monoisotopic (exact) mass is 303 g/mol. The highest BCUT2D eigenvalue weighted by atomic mass is 32.2. The number of hydrogen-bond donors (Lipinski definition) is 1. The second-order valence-electron chi connectivity index (χ2n) is 5.43. The van der Waals surface area contributed by atoms with E-state index in [2.05, 4.69) is 39.0 Å². The van der Waals surface area contributed by atoms with Crippen molar-refractivity contribution in [1.82, 2.24) is 0 Å². The molecule has 2 atom stereocenters. The fourth-order valence-electron chi connectivity index (χ4n) is 2.27. The molecular formula is C18H22FNS. The van der Waals surface area contributed by atoms with Gasteiger partial charge in [-0.1, -0.05) is 36.8 Å². The summed E-state index contributed by atoms with van der Waals surface area (Å²) in [6.07, 6.45) is 0.860. The highest BCUT2D eigenvalue weighted by Gasteiger charge is 2.21. The van der Waals surface area contributed by atoms with Gasteiger partial charge in [-0.25, -0.2) is 4.39 Å². The minimum atomic E-state index is -0.206. The quantitative estimate of drug-likeness (QED) is 0.785. The summed E-state index contributed by atoms with van der Waals surface area (Å²) in [7, 11) is 0. The lowest BCUT2D eigenvalue weighted by Crippen LogP contribution is -2.25. The highest BCUT2D eigenvalue weighted by Crippen LogP contribution is 2.39. The van der Waals surface area contributed by atoms with Gasteiger partial charge in [-0.15, -0.1) is 11.8 Å². The number of hydrogen-bond acceptors (Lipinski definition) is 2. The maximum atomic E-state index is 13.5. The Morgan fingerprint density at radius 3 is 2.57 bits per heavy atom. The Morgan fingerprint density at radius 1 is 1.14 bits per heavy atom. The van der Waals surface area contributed by atoms with Crippen LogP contribution in [-0.4, -0.2) is 6.04 Å². The summed E-state index contributed by atoms with van der Waals surface area (Å²) in [5.41, 5.74) is 9.71. The van der Waals surface area contributed by atoms with Gasteiger partial charge in [0.05, 0.1) is 0 Å². The number of thioether (sulfide) groups is 1. The van der Waals surface area contributed by atoms with Gasteiger partial charge in [-0.3, -0.25) is 0 Å². The number of nitrogens with two attached hydrogens (primary N) is 1. The number of benzene rings is 2. The third kappa shape index (κ3) is 4.08. The van der Waals surface area contributed by atoms with Crippen LogP contribution < -0.4 is 5.73 Å². The van der Waals surface area contributed by atoms with E-state index in [4.69, 9.17) is 5.73 Å². The summed E-state index contributed by atoms with van der Waals surface area (Å²) in [6.45, 7) is 6.25. The average molecular weight is 303 g/mol. The van der Waals surface area contributed by atoms with Crippen molar-refractivity contribution < 1.29 is 4.39 Å². The lowest BCUT2D eigenvalue weighted by molar-refractivity contribution is 0.610. The van der Waals surface area contributed by atoms with Gasteiger partial charge in [0, 0.05) is 16.2 Å². The van der Waals surface area contributed by atoms with Crippen molar-refractivity contribution in [2.75, 3.05) is 0 Å². The van der Waals surface area contributed by atoms with Crippen LogP contribution in [0.15, 0.2) is 47.4 Å². The summed E-state index contributed by atoms with van der Waals surface area (Å²) >= 11 is 1.73. The molecule has 0 bridgehead atoms. The maximum Gasteiger partial charge on any atom is 0.123 e. The Bertz CT molecular complexity index is 612. The standard InChI is InChI=1S/C18H22FNS/c1-4-16(20)18(14-6-5-7-15(19)11-14)21-17-10-12(2)8-9-13(17)3/h5-11,16,18H,4,20H2,1-3H3. The topological polar surface area (TPSA) is 26.0 Å². The average Bonchev–Trinajstić information content (AvgIpc) is 2.47. The van der Waals surface area contributed by atoms with Gasteiger partial charge >= 0.3 is 0 Å². The van der Waals surface area contributed by atoms with Crippen molar-refractivity contribution in [2.45, 2.75) is 43.4 Å². The van der Waals surface area contributed by atoms with Crippen LogP contribution in [0.2, 0.25) is 0 Å². The van der Waals surface area contributed by atoms with Crippen molar-refractivity contribution in [3.63, 3.8) is 0 Å². The van der Waals surface area contributed by atoms with Crippen molar-refractivity contribution in [2.24, 2.45) is 5.73 Å². The van der Waals surface area contributed by atoms with Gasteiger partial charge in [0.2, 0.25) is 0 Å². The molecule has 3 heteroatoms. The molecule has 0 saturated carbocycles. The van der Waals surface area contributed by atoms with Crippen molar-refractivity contribution in [3.8, 4) is 0 Å². The Balaban J connectivity index is 2.35. The maximum absolute atomic E-state index is 13.5. The van der Waals surface area contributed by atoms with E-state index in [1.807, 2.05) is 6.07 Å². The summed E-state index contributed by atoms with van der Waals surface area (Å²) < 4.78 is 13.5. The predicted molar refractivity (Wildman–Crippen MR) is 89.2 cm³/mol. The molecule has 0 spiro atoms. The van der Waals surface area contributed by atoms with Crippen LogP contribution in [0, 0.1) is 19.7 Å². The van der Waals surface area contributed by atoms with Crippen LogP contribution in [0.3, 0.4) is 0 Å². The first-order valence-electron chi connectivity index (χ1n) is 7.26. The van der Waals surface area contributed by atoms with E-state index in [1.54, 1.807) is 23.9 Å². The molecule has 0 aromatic heterocycles. The lowest BCUT2D eigenvalue weighted by Gasteiger charge is -2.24. The number of rotatable bonds is 5. The van der Waals surface area contributed by atoms with Crippen molar-refractivity contribution in [1.29, 1.82) is 0 Å². The molecule has 2 unspecified atom stereocenters. The first-order chi connectivity index (χ1) is 10.0. The molecule has 0 saturated heterocycles. The van der Waals surface area contributed by atoms with Gasteiger partial charge < -0.3 is 5.73 Å². The van der Waals surface area contributed by atoms with Crippen LogP contribution in [-0.2, 0) is 0 Å². The van der Waals surface area contributed by atoms with Gasteiger partial charge in [-0.2, -0.15) is 0 Å². The lowest BCUT2D eigenvalue weighted by atomic mass is 10.0. The molecule has 0 aliphatic rings. The zero-order chi connectivity index (χ0) is 15.4. The molecule has 0 heterocycles. The summed E-state index contributed by atoms with van der Waals surface area (Å²) in [6, 6.07) is 13.2. The van der Waals surface area contributed by atoms with E-state index >= 15 is 0 Å². The third-order valence-electron chi connectivity index (χ3n) is 3.64. The zero-order valence-corrected chi connectivity index (χ0v) is 13.6. The molecule has 0 radical (unpaired) electrons.